The Labute approximate surface area is 157 Å². The SMILES string of the molecule is CN(Cc1ccccc1N1CCCC1)C(=O)C1CCC(N)C1.Cl.Cl. The van der Waals surface area contributed by atoms with Gasteiger partial charge >= 0.3 is 0 Å². The molecule has 1 saturated heterocycles. The Kier molecular flexibility index (Phi) is 8.34. The number of amides is 1. The Bertz CT molecular complexity index is 535. The van der Waals surface area contributed by atoms with Crippen LogP contribution in [0.3, 0.4) is 0 Å². The van der Waals surface area contributed by atoms with E-state index >= 15 is 0 Å². The third-order valence-electron chi connectivity index (χ3n) is 5.04. The van der Waals surface area contributed by atoms with Crippen molar-refractivity contribution in [1.29, 1.82) is 0 Å². The van der Waals surface area contributed by atoms with E-state index in [1.165, 1.54) is 24.1 Å². The number of halogens is 2. The van der Waals surface area contributed by atoms with Crippen LogP contribution in [0.15, 0.2) is 24.3 Å². The zero-order valence-corrected chi connectivity index (χ0v) is 16.0. The second-order valence-electron chi connectivity index (χ2n) is 6.79. The maximum atomic E-state index is 12.6. The van der Waals surface area contributed by atoms with Crippen molar-refractivity contribution in [3.05, 3.63) is 29.8 Å². The molecule has 2 aliphatic rings. The minimum absolute atomic E-state index is 0. The van der Waals surface area contributed by atoms with E-state index < -0.39 is 0 Å². The van der Waals surface area contributed by atoms with Gasteiger partial charge in [-0.1, -0.05) is 18.2 Å². The fourth-order valence-corrected chi connectivity index (χ4v) is 3.80. The van der Waals surface area contributed by atoms with Crippen LogP contribution >= 0.6 is 24.8 Å². The summed E-state index contributed by atoms with van der Waals surface area (Å²) in [7, 11) is 1.92. The second-order valence-corrected chi connectivity index (χ2v) is 6.79. The summed E-state index contributed by atoms with van der Waals surface area (Å²) in [5.74, 6) is 0.378. The van der Waals surface area contributed by atoms with Gasteiger partial charge in [0.25, 0.3) is 0 Å². The summed E-state index contributed by atoms with van der Waals surface area (Å²) in [6, 6.07) is 8.70. The lowest BCUT2D eigenvalue weighted by Gasteiger charge is -2.26. The van der Waals surface area contributed by atoms with Crippen LogP contribution in [0, 0.1) is 5.92 Å². The van der Waals surface area contributed by atoms with Gasteiger partial charge in [0.15, 0.2) is 0 Å². The van der Waals surface area contributed by atoms with E-state index in [1.54, 1.807) is 0 Å². The summed E-state index contributed by atoms with van der Waals surface area (Å²) in [4.78, 5) is 16.9. The maximum Gasteiger partial charge on any atom is 0.225 e. The molecule has 1 aliphatic heterocycles. The highest BCUT2D eigenvalue weighted by Crippen LogP contribution is 2.28. The molecule has 136 valence electrons. The predicted octanol–water partition coefficient (Wildman–Crippen LogP) is 3.22. The van der Waals surface area contributed by atoms with Crippen molar-refractivity contribution in [1.82, 2.24) is 4.90 Å². The Hall–Kier alpha value is -0.970. The smallest absolute Gasteiger partial charge is 0.225 e. The molecule has 6 heteroatoms. The molecule has 1 aliphatic carbocycles. The van der Waals surface area contributed by atoms with Gasteiger partial charge in [0.05, 0.1) is 0 Å². The number of hydrogen-bond donors (Lipinski definition) is 1. The van der Waals surface area contributed by atoms with Gasteiger partial charge in [-0.3, -0.25) is 4.79 Å². The third-order valence-corrected chi connectivity index (χ3v) is 5.04. The molecule has 2 atom stereocenters. The Balaban J connectivity index is 0.00000144. The molecule has 1 heterocycles. The Morgan fingerprint density at radius 3 is 2.50 bits per heavy atom. The highest BCUT2D eigenvalue weighted by Gasteiger charge is 2.30. The molecular formula is C18H29Cl2N3O. The molecule has 2 unspecified atom stereocenters. The first-order chi connectivity index (χ1) is 10.6. The molecule has 0 bridgehead atoms. The van der Waals surface area contributed by atoms with Gasteiger partial charge in [-0.15, -0.1) is 24.8 Å². The number of carbonyl (C=O) groups excluding carboxylic acids is 1. The highest BCUT2D eigenvalue weighted by atomic mass is 35.5. The van der Waals surface area contributed by atoms with Crippen molar-refractivity contribution in [2.45, 2.75) is 44.7 Å². The fourth-order valence-electron chi connectivity index (χ4n) is 3.80. The van der Waals surface area contributed by atoms with Crippen LogP contribution in [0.5, 0.6) is 0 Å². The number of carbonyl (C=O) groups is 1. The van der Waals surface area contributed by atoms with E-state index in [-0.39, 0.29) is 42.7 Å². The molecule has 1 aromatic rings. The molecular weight excluding hydrogens is 345 g/mol. The number of anilines is 1. The van der Waals surface area contributed by atoms with E-state index in [4.69, 9.17) is 5.73 Å². The molecule has 1 aromatic carbocycles. The van der Waals surface area contributed by atoms with Crippen LogP contribution in [0.25, 0.3) is 0 Å². The Morgan fingerprint density at radius 2 is 1.88 bits per heavy atom. The van der Waals surface area contributed by atoms with Crippen LogP contribution < -0.4 is 10.6 Å². The average Bonchev–Trinajstić information content (AvgIpc) is 3.18. The van der Waals surface area contributed by atoms with Gasteiger partial charge in [0.2, 0.25) is 5.91 Å². The van der Waals surface area contributed by atoms with E-state index in [2.05, 4.69) is 29.2 Å². The van der Waals surface area contributed by atoms with Gasteiger partial charge in [0, 0.05) is 44.3 Å². The summed E-state index contributed by atoms with van der Waals surface area (Å²) in [6.07, 6.45) is 5.30. The summed E-state index contributed by atoms with van der Waals surface area (Å²) in [6.45, 7) is 2.95. The zero-order valence-electron chi connectivity index (χ0n) is 14.3. The first kappa shape index (κ1) is 21.1. The number of hydrogen-bond acceptors (Lipinski definition) is 3. The van der Waals surface area contributed by atoms with E-state index in [9.17, 15) is 4.79 Å². The predicted molar refractivity (Wildman–Crippen MR) is 104 cm³/mol. The summed E-state index contributed by atoms with van der Waals surface area (Å²) in [5, 5.41) is 0. The lowest BCUT2D eigenvalue weighted by Crippen LogP contribution is -2.33. The van der Waals surface area contributed by atoms with Crippen LogP contribution in [0.4, 0.5) is 5.69 Å². The van der Waals surface area contributed by atoms with Crippen molar-refractivity contribution in [2.75, 3.05) is 25.0 Å². The van der Waals surface area contributed by atoms with Crippen LogP contribution in [0.1, 0.15) is 37.7 Å². The number of benzene rings is 1. The molecule has 3 rings (SSSR count). The lowest BCUT2D eigenvalue weighted by molar-refractivity contribution is -0.134. The maximum absolute atomic E-state index is 12.6. The fraction of sp³-hybridized carbons (Fsp3) is 0.611. The van der Waals surface area contributed by atoms with Crippen LogP contribution in [-0.2, 0) is 11.3 Å². The molecule has 24 heavy (non-hydrogen) atoms. The number of nitrogens with two attached hydrogens (primary N) is 1. The molecule has 2 N–H and O–H groups in total. The van der Waals surface area contributed by atoms with Crippen LogP contribution in [-0.4, -0.2) is 37.0 Å². The van der Waals surface area contributed by atoms with Gasteiger partial charge in [0.1, 0.15) is 0 Å². The zero-order chi connectivity index (χ0) is 15.5. The van der Waals surface area contributed by atoms with Crippen LogP contribution in [0.2, 0.25) is 0 Å². The first-order valence-electron chi connectivity index (χ1n) is 8.48. The monoisotopic (exact) mass is 373 g/mol. The van der Waals surface area contributed by atoms with Crippen molar-refractivity contribution in [3.8, 4) is 0 Å². The van der Waals surface area contributed by atoms with Crippen molar-refractivity contribution in [3.63, 3.8) is 0 Å². The largest absolute Gasteiger partial charge is 0.371 e. The van der Waals surface area contributed by atoms with Gasteiger partial charge in [-0.2, -0.15) is 0 Å². The number of para-hydroxylation sites is 1. The highest BCUT2D eigenvalue weighted by molar-refractivity contribution is 5.85. The van der Waals surface area contributed by atoms with E-state index in [1.807, 2.05) is 11.9 Å². The van der Waals surface area contributed by atoms with Crippen molar-refractivity contribution < 1.29 is 4.79 Å². The number of nitrogens with zero attached hydrogens (tertiary/aromatic N) is 2. The molecule has 0 radical (unpaired) electrons. The summed E-state index contributed by atoms with van der Waals surface area (Å²) >= 11 is 0. The normalized spacial score (nSPS) is 22.7. The minimum Gasteiger partial charge on any atom is -0.371 e. The van der Waals surface area contributed by atoms with Crippen molar-refractivity contribution >= 4 is 36.4 Å². The standard InChI is InChI=1S/C18H27N3O.2ClH/c1-20(18(22)14-8-9-16(19)12-14)13-15-6-2-3-7-17(15)21-10-4-5-11-21;;/h2-3,6-7,14,16H,4-5,8-13,19H2,1H3;2*1H. The molecule has 1 amide bonds. The van der Waals surface area contributed by atoms with Crippen molar-refractivity contribution in [2.24, 2.45) is 11.7 Å². The second kappa shape index (κ2) is 9.50. The molecule has 0 spiro atoms. The topological polar surface area (TPSA) is 49.6 Å². The molecule has 2 fully saturated rings. The van der Waals surface area contributed by atoms with Gasteiger partial charge in [-0.05, 0) is 43.7 Å². The lowest BCUT2D eigenvalue weighted by atomic mass is 10.1. The Morgan fingerprint density at radius 1 is 1.21 bits per heavy atom. The van der Waals surface area contributed by atoms with Gasteiger partial charge in [-0.25, -0.2) is 0 Å². The van der Waals surface area contributed by atoms with E-state index in [0.29, 0.717) is 6.54 Å². The molecule has 4 nitrogen and oxygen atoms in total. The van der Waals surface area contributed by atoms with Gasteiger partial charge < -0.3 is 15.5 Å². The van der Waals surface area contributed by atoms with E-state index in [0.717, 1.165) is 32.4 Å². The average molecular weight is 374 g/mol. The minimum atomic E-state index is 0. The summed E-state index contributed by atoms with van der Waals surface area (Å²) < 4.78 is 0. The molecule has 1 saturated carbocycles. The first-order valence-corrected chi connectivity index (χ1v) is 8.48. The quantitative estimate of drug-likeness (QED) is 0.881. The third kappa shape index (κ3) is 4.78. The molecule has 0 aromatic heterocycles. The summed E-state index contributed by atoms with van der Waals surface area (Å²) in [5.41, 5.74) is 8.49. The number of rotatable bonds is 4.